The van der Waals surface area contributed by atoms with Gasteiger partial charge in [0.1, 0.15) is 0 Å². The molecule has 0 atom stereocenters. The van der Waals surface area contributed by atoms with Crippen LogP contribution >= 0.6 is 45.9 Å². The van der Waals surface area contributed by atoms with Crippen LogP contribution in [0.5, 0.6) is 0 Å². The molecular formula is C8H7Br3Si. The number of rotatable bonds is 2. The van der Waals surface area contributed by atoms with Crippen LogP contribution < -0.4 is 5.19 Å². The Morgan fingerprint density at radius 1 is 1.17 bits per heavy atom. The molecule has 0 radical (unpaired) electrons. The molecular weight excluding hydrogens is 364 g/mol. The molecule has 0 heterocycles. The summed E-state index contributed by atoms with van der Waals surface area (Å²) in [6.45, 7) is 3.76. The van der Waals surface area contributed by atoms with E-state index in [0.29, 0.717) is 0 Å². The number of hydrogen-bond acceptors (Lipinski definition) is 0. The van der Waals surface area contributed by atoms with Crippen LogP contribution in [0.1, 0.15) is 5.56 Å². The molecule has 0 aliphatic heterocycles. The zero-order valence-corrected chi connectivity index (χ0v) is 12.0. The summed E-state index contributed by atoms with van der Waals surface area (Å²) in [7, 11) is 0. The molecule has 12 heavy (non-hydrogen) atoms. The maximum Gasteiger partial charge on any atom is 0.298 e. The summed E-state index contributed by atoms with van der Waals surface area (Å²) in [5, 5.41) is 1.25. The van der Waals surface area contributed by atoms with Crippen molar-refractivity contribution in [3.8, 4) is 0 Å². The minimum atomic E-state index is -1.73. The van der Waals surface area contributed by atoms with Gasteiger partial charge >= 0.3 is 0 Å². The second-order valence-corrected chi connectivity index (χ2v) is 24.1. The van der Waals surface area contributed by atoms with E-state index in [9.17, 15) is 0 Å². The van der Waals surface area contributed by atoms with Crippen molar-refractivity contribution in [3.05, 3.63) is 36.4 Å². The lowest BCUT2D eigenvalue weighted by molar-refractivity contribution is 1.72. The van der Waals surface area contributed by atoms with Crippen LogP contribution in [0.4, 0.5) is 0 Å². The molecule has 0 amide bonds. The second-order valence-electron chi connectivity index (χ2n) is 2.29. The first kappa shape index (κ1) is 10.7. The molecule has 4 heteroatoms. The lowest BCUT2D eigenvalue weighted by Gasteiger charge is -2.12. The van der Waals surface area contributed by atoms with Gasteiger partial charge in [0.15, 0.2) is 0 Å². The highest BCUT2D eigenvalue weighted by molar-refractivity contribution is 9.72. The van der Waals surface area contributed by atoms with Gasteiger partial charge in [-0.1, -0.05) is 82.8 Å². The highest BCUT2D eigenvalue weighted by Crippen LogP contribution is 2.28. The van der Waals surface area contributed by atoms with Gasteiger partial charge in [-0.05, 0) is 10.8 Å². The third kappa shape index (κ3) is 2.55. The third-order valence-electron chi connectivity index (χ3n) is 1.49. The van der Waals surface area contributed by atoms with Gasteiger partial charge < -0.3 is 0 Å². The molecule has 0 saturated heterocycles. The largest absolute Gasteiger partial charge is 0.298 e. The third-order valence-corrected chi connectivity index (χ3v) is 6.40. The molecule has 1 aromatic carbocycles. The average Bonchev–Trinajstić information content (AvgIpc) is 2.03. The van der Waals surface area contributed by atoms with Gasteiger partial charge in [0.2, 0.25) is 0 Å². The van der Waals surface area contributed by atoms with E-state index < -0.39 is 3.93 Å². The Balaban J connectivity index is 3.23. The van der Waals surface area contributed by atoms with Crippen molar-refractivity contribution in [2.75, 3.05) is 0 Å². The molecule has 0 aliphatic carbocycles. The lowest BCUT2D eigenvalue weighted by atomic mass is 10.2. The fourth-order valence-electron chi connectivity index (χ4n) is 0.933. The fourth-order valence-corrected chi connectivity index (χ4v) is 4.98. The second kappa shape index (κ2) is 4.22. The monoisotopic (exact) mass is 368 g/mol. The highest BCUT2D eigenvalue weighted by atomic mass is 80.0. The number of benzene rings is 1. The smallest absolute Gasteiger partial charge is 0.0985 e. The quantitative estimate of drug-likeness (QED) is 0.550. The highest BCUT2D eigenvalue weighted by Gasteiger charge is 2.26. The van der Waals surface area contributed by atoms with Crippen molar-refractivity contribution in [3.63, 3.8) is 0 Å². The average molecular weight is 371 g/mol. The zero-order chi connectivity index (χ0) is 9.19. The summed E-state index contributed by atoms with van der Waals surface area (Å²) >= 11 is 10.8. The van der Waals surface area contributed by atoms with E-state index in [1.807, 2.05) is 24.3 Å². The number of hydrogen-bond donors (Lipinski definition) is 0. The van der Waals surface area contributed by atoms with Gasteiger partial charge in [-0.2, -0.15) is 0 Å². The Bertz CT molecular complexity index is 291. The Hall–Kier alpha value is 0.617. The maximum atomic E-state index is 3.76. The molecule has 0 nitrogen and oxygen atoms in total. The van der Waals surface area contributed by atoms with Gasteiger partial charge in [-0.25, -0.2) is 0 Å². The summed E-state index contributed by atoms with van der Waals surface area (Å²) in [5.41, 5.74) is 1.16. The summed E-state index contributed by atoms with van der Waals surface area (Å²) < 4.78 is -1.73. The van der Waals surface area contributed by atoms with Gasteiger partial charge in [0.25, 0.3) is 3.93 Å². The number of halogens is 3. The van der Waals surface area contributed by atoms with Gasteiger partial charge in [-0.15, -0.1) is 0 Å². The Morgan fingerprint density at radius 2 is 1.75 bits per heavy atom. The first-order chi connectivity index (χ1) is 5.55. The topological polar surface area (TPSA) is 0 Å². The summed E-state index contributed by atoms with van der Waals surface area (Å²) in [6, 6.07) is 8.16. The van der Waals surface area contributed by atoms with Crippen molar-refractivity contribution in [1.82, 2.24) is 0 Å². The minimum absolute atomic E-state index is 1.16. The summed E-state index contributed by atoms with van der Waals surface area (Å²) in [6.07, 6.45) is 1.86. The van der Waals surface area contributed by atoms with E-state index in [1.54, 1.807) is 0 Å². The van der Waals surface area contributed by atoms with E-state index in [-0.39, 0.29) is 0 Å². The molecule has 0 N–H and O–H groups in total. The zero-order valence-electron chi connectivity index (χ0n) is 6.23. The molecule has 0 bridgehead atoms. The first-order valence-corrected chi connectivity index (χ1v) is 12.1. The van der Waals surface area contributed by atoms with E-state index >= 15 is 0 Å². The van der Waals surface area contributed by atoms with E-state index in [4.69, 9.17) is 0 Å². The predicted octanol–water partition coefficient (Wildman–Crippen LogP) is 3.66. The van der Waals surface area contributed by atoms with E-state index in [2.05, 4.69) is 58.5 Å². The fraction of sp³-hybridized carbons (Fsp3) is 0. The minimum Gasteiger partial charge on any atom is -0.0985 e. The van der Waals surface area contributed by atoms with Crippen LogP contribution in [0, 0.1) is 0 Å². The molecule has 1 rings (SSSR count). The molecule has 0 aliphatic rings. The Morgan fingerprint density at radius 3 is 2.17 bits per heavy atom. The van der Waals surface area contributed by atoms with Crippen molar-refractivity contribution in [1.29, 1.82) is 0 Å². The van der Waals surface area contributed by atoms with Crippen LogP contribution in [0.15, 0.2) is 30.8 Å². The summed E-state index contributed by atoms with van der Waals surface area (Å²) in [4.78, 5) is 0. The van der Waals surface area contributed by atoms with Gasteiger partial charge in [0, 0.05) is 0 Å². The molecule has 1 aromatic rings. The molecule has 0 saturated carbocycles. The van der Waals surface area contributed by atoms with Crippen LogP contribution in [-0.4, -0.2) is 3.93 Å². The van der Waals surface area contributed by atoms with Gasteiger partial charge in [-0.3, -0.25) is 0 Å². The first-order valence-electron chi connectivity index (χ1n) is 3.34. The van der Waals surface area contributed by atoms with Crippen molar-refractivity contribution >= 4 is 61.1 Å². The lowest BCUT2D eigenvalue weighted by Crippen LogP contribution is -2.30. The van der Waals surface area contributed by atoms with Crippen LogP contribution in [0.3, 0.4) is 0 Å². The van der Waals surface area contributed by atoms with Crippen molar-refractivity contribution < 1.29 is 0 Å². The molecule has 0 unspecified atom stereocenters. The summed E-state index contributed by atoms with van der Waals surface area (Å²) in [5.74, 6) is 0. The van der Waals surface area contributed by atoms with Crippen LogP contribution in [-0.2, 0) is 0 Å². The van der Waals surface area contributed by atoms with E-state index in [0.717, 1.165) is 5.56 Å². The Labute approximate surface area is 96.8 Å². The standard InChI is InChI=1S/C8H7Br3Si/c1-2-7-5-3-4-6-8(7)12(9,10)11/h2-6H,1H2. The molecule has 0 fully saturated rings. The van der Waals surface area contributed by atoms with Crippen molar-refractivity contribution in [2.45, 2.75) is 0 Å². The SMILES string of the molecule is C=Cc1ccccc1[Si](Br)(Br)Br. The van der Waals surface area contributed by atoms with Crippen molar-refractivity contribution in [2.24, 2.45) is 0 Å². The molecule has 0 aromatic heterocycles. The molecule has 0 spiro atoms. The van der Waals surface area contributed by atoms with Crippen LogP contribution in [0.2, 0.25) is 0 Å². The predicted molar refractivity (Wildman–Crippen MR) is 68.7 cm³/mol. The van der Waals surface area contributed by atoms with E-state index in [1.165, 1.54) is 5.19 Å². The van der Waals surface area contributed by atoms with Crippen LogP contribution in [0.25, 0.3) is 6.08 Å². The maximum absolute atomic E-state index is 3.76. The Kier molecular flexibility index (Phi) is 3.76. The van der Waals surface area contributed by atoms with Gasteiger partial charge in [0.05, 0.1) is 0 Å². The molecule has 64 valence electrons. The normalized spacial score (nSPS) is 11.2.